The average Bonchev–Trinajstić information content (AvgIpc) is 2.37. The molecule has 3 rings (SSSR count). The predicted octanol–water partition coefficient (Wildman–Crippen LogP) is 2.12. The quantitative estimate of drug-likeness (QED) is 0.741. The second-order valence-corrected chi connectivity index (χ2v) is 5.11. The van der Waals surface area contributed by atoms with Crippen molar-refractivity contribution >= 4 is 0 Å². The molecule has 2 heterocycles. The van der Waals surface area contributed by atoms with Crippen LogP contribution in [0.15, 0.2) is 18.2 Å². The van der Waals surface area contributed by atoms with Crippen LogP contribution >= 0.6 is 0 Å². The zero-order valence-electron chi connectivity index (χ0n) is 10.5. The van der Waals surface area contributed by atoms with Gasteiger partial charge in [0.1, 0.15) is 0 Å². The lowest BCUT2D eigenvalue weighted by molar-refractivity contribution is 0.111. The Hall–Kier alpha value is -1.22. The lowest BCUT2D eigenvalue weighted by Crippen LogP contribution is -2.41. The third kappa shape index (κ3) is 1.78. The van der Waals surface area contributed by atoms with Gasteiger partial charge < -0.3 is 14.4 Å². The minimum Gasteiger partial charge on any atom is -0.493 e. The van der Waals surface area contributed by atoms with Crippen LogP contribution in [0.1, 0.15) is 17.9 Å². The zero-order valence-corrected chi connectivity index (χ0v) is 10.5. The molecular weight excluding hydrogens is 214 g/mol. The molecule has 92 valence electrons. The van der Waals surface area contributed by atoms with Gasteiger partial charge in [-0.15, -0.1) is 0 Å². The van der Waals surface area contributed by atoms with Crippen LogP contribution in [0.2, 0.25) is 0 Å². The Morgan fingerprint density at radius 3 is 3.12 bits per heavy atom. The molecule has 2 atom stereocenters. The van der Waals surface area contributed by atoms with Gasteiger partial charge in [0.2, 0.25) is 0 Å². The molecule has 0 amide bonds. The van der Waals surface area contributed by atoms with Crippen molar-refractivity contribution in [3.63, 3.8) is 0 Å². The summed E-state index contributed by atoms with van der Waals surface area (Å²) in [7, 11) is 3.91. The topological polar surface area (TPSA) is 21.7 Å². The normalized spacial score (nSPS) is 27.9. The van der Waals surface area contributed by atoms with Crippen molar-refractivity contribution in [3.8, 4) is 11.5 Å². The molecule has 0 bridgehead atoms. The minimum absolute atomic E-state index is 0.604. The van der Waals surface area contributed by atoms with Gasteiger partial charge in [0.05, 0.1) is 13.7 Å². The molecule has 1 fully saturated rings. The van der Waals surface area contributed by atoms with E-state index >= 15 is 0 Å². The van der Waals surface area contributed by atoms with Crippen molar-refractivity contribution in [2.45, 2.75) is 12.3 Å². The summed E-state index contributed by atoms with van der Waals surface area (Å²) in [6.45, 7) is 3.16. The molecule has 1 aromatic carbocycles. The molecule has 0 radical (unpaired) electrons. The van der Waals surface area contributed by atoms with E-state index in [9.17, 15) is 0 Å². The number of para-hydroxylation sites is 1. The Balaban J connectivity index is 1.99. The summed E-state index contributed by atoms with van der Waals surface area (Å²) in [5.41, 5.74) is 1.33. The zero-order chi connectivity index (χ0) is 11.8. The molecule has 2 aliphatic rings. The number of piperidine rings is 1. The van der Waals surface area contributed by atoms with Gasteiger partial charge in [0, 0.05) is 23.9 Å². The second kappa shape index (κ2) is 4.22. The Labute approximate surface area is 102 Å². The fourth-order valence-corrected chi connectivity index (χ4v) is 3.05. The molecule has 0 aromatic heterocycles. The lowest BCUT2D eigenvalue weighted by Gasteiger charge is -2.40. The van der Waals surface area contributed by atoms with Gasteiger partial charge in [0.15, 0.2) is 11.5 Å². The maximum absolute atomic E-state index is 5.91. The number of likely N-dealkylation sites (N-methyl/N-ethyl adjacent to an activating group) is 1. The van der Waals surface area contributed by atoms with Gasteiger partial charge in [-0.2, -0.15) is 0 Å². The van der Waals surface area contributed by atoms with Crippen molar-refractivity contribution in [2.24, 2.45) is 5.92 Å². The summed E-state index contributed by atoms with van der Waals surface area (Å²) < 4.78 is 11.3. The van der Waals surface area contributed by atoms with Gasteiger partial charge >= 0.3 is 0 Å². The second-order valence-electron chi connectivity index (χ2n) is 5.11. The number of ether oxygens (including phenoxy) is 2. The van der Waals surface area contributed by atoms with E-state index in [-0.39, 0.29) is 0 Å². The summed E-state index contributed by atoms with van der Waals surface area (Å²) in [6, 6.07) is 6.23. The van der Waals surface area contributed by atoms with E-state index in [0.717, 1.165) is 24.7 Å². The molecular formula is C14H19NO2. The molecule has 3 heteroatoms. The van der Waals surface area contributed by atoms with Gasteiger partial charge in [-0.05, 0) is 26.1 Å². The van der Waals surface area contributed by atoms with E-state index in [4.69, 9.17) is 9.47 Å². The molecule has 0 N–H and O–H groups in total. The maximum Gasteiger partial charge on any atom is 0.164 e. The van der Waals surface area contributed by atoms with E-state index in [1.54, 1.807) is 7.11 Å². The van der Waals surface area contributed by atoms with Crippen molar-refractivity contribution < 1.29 is 9.47 Å². The molecule has 0 spiro atoms. The third-order valence-corrected chi connectivity index (χ3v) is 4.03. The Morgan fingerprint density at radius 1 is 1.41 bits per heavy atom. The van der Waals surface area contributed by atoms with E-state index in [1.165, 1.54) is 18.5 Å². The van der Waals surface area contributed by atoms with Gasteiger partial charge in [0.25, 0.3) is 0 Å². The van der Waals surface area contributed by atoms with Crippen molar-refractivity contribution in [3.05, 3.63) is 23.8 Å². The molecule has 1 saturated heterocycles. The van der Waals surface area contributed by atoms with Gasteiger partial charge in [-0.3, -0.25) is 0 Å². The standard InChI is InChI=1S/C14H19NO2/c1-15-7-6-10-9-17-14-11(12(10)8-15)4-3-5-13(14)16-2/h3-5,10,12H,6-9H2,1-2H3/t10-,12-/m0/s1. The monoisotopic (exact) mass is 233 g/mol. The number of hydrogen-bond acceptors (Lipinski definition) is 3. The van der Waals surface area contributed by atoms with Crippen molar-refractivity contribution in [1.29, 1.82) is 0 Å². The van der Waals surface area contributed by atoms with Crippen LogP contribution in [0, 0.1) is 5.92 Å². The van der Waals surface area contributed by atoms with E-state index < -0.39 is 0 Å². The lowest BCUT2D eigenvalue weighted by atomic mass is 9.79. The smallest absolute Gasteiger partial charge is 0.164 e. The summed E-state index contributed by atoms with van der Waals surface area (Å²) >= 11 is 0. The van der Waals surface area contributed by atoms with Crippen LogP contribution in [-0.4, -0.2) is 38.8 Å². The highest BCUT2D eigenvalue weighted by Gasteiger charge is 2.35. The molecule has 0 unspecified atom stereocenters. The molecule has 17 heavy (non-hydrogen) atoms. The minimum atomic E-state index is 0.604. The summed E-state index contributed by atoms with van der Waals surface area (Å²) in [5.74, 6) is 3.11. The SMILES string of the molecule is COc1cccc2c1OC[C@@H]1CCN(C)C[C@H]21. The molecule has 0 aliphatic carbocycles. The Kier molecular flexibility index (Phi) is 2.71. The van der Waals surface area contributed by atoms with Crippen molar-refractivity contribution in [2.75, 3.05) is 33.9 Å². The number of fused-ring (bicyclic) bond motifs is 3. The third-order valence-electron chi connectivity index (χ3n) is 4.03. The first-order valence-electron chi connectivity index (χ1n) is 6.28. The highest BCUT2D eigenvalue weighted by molar-refractivity contribution is 5.50. The number of methoxy groups -OCH3 is 1. The van der Waals surface area contributed by atoms with Gasteiger partial charge in [-0.25, -0.2) is 0 Å². The first-order valence-corrected chi connectivity index (χ1v) is 6.28. The number of hydrogen-bond donors (Lipinski definition) is 0. The van der Waals surface area contributed by atoms with Gasteiger partial charge in [-0.1, -0.05) is 12.1 Å². The summed E-state index contributed by atoms with van der Waals surface area (Å²) in [4.78, 5) is 2.41. The Morgan fingerprint density at radius 2 is 2.29 bits per heavy atom. The van der Waals surface area contributed by atoms with E-state index in [0.29, 0.717) is 11.8 Å². The first kappa shape index (κ1) is 10.9. The largest absolute Gasteiger partial charge is 0.493 e. The number of rotatable bonds is 1. The highest BCUT2D eigenvalue weighted by atomic mass is 16.5. The summed E-state index contributed by atoms with van der Waals surface area (Å²) in [5, 5.41) is 0. The molecule has 0 saturated carbocycles. The highest BCUT2D eigenvalue weighted by Crippen LogP contribution is 2.45. The number of likely N-dealkylation sites (tertiary alicyclic amines) is 1. The van der Waals surface area contributed by atoms with Crippen LogP contribution in [0.25, 0.3) is 0 Å². The molecule has 1 aromatic rings. The van der Waals surface area contributed by atoms with E-state index in [2.05, 4.69) is 24.1 Å². The fraction of sp³-hybridized carbons (Fsp3) is 0.571. The number of benzene rings is 1. The van der Waals surface area contributed by atoms with E-state index in [1.807, 2.05) is 6.07 Å². The molecule has 2 aliphatic heterocycles. The fourth-order valence-electron chi connectivity index (χ4n) is 3.05. The number of nitrogens with zero attached hydrogens (tertiary/aromatic N) is 1. The van der Waals surface area contributed by atoms with Crippen LogP contribution in [0.3, 0.4) is 0 Å². The average molecular weight is 233 g/mol. The van der Waals surface area contributed by atoms with Crippen LogP contribution in [0.4, 0.5) is 0 Å². The Bertz CT molecular complexity index is 419. The maximum atomic E-state index is 5.91. The first-order chi connectivity index (χ1) is 8.29. The van der Waals surface area contributed by atoms with Crippen LogP contribution in [-0.2, 0) is 0 Å². The summed E-state index contributed by atoms with van der Waals surface area (Å²) in [6.07, 6.45) is 1.23. The predicted molar refractivity (Wildman–Crippen MR) is 66.8 cm³/mol. The van der Waals surface area contributed by atoms with Crippen LogP contribution in [0.5, 0.6) is 11.5 Å². The molecule has 3 nitrogen and oxygen atoms in total. The van der Waals surface area contributed by atoms with Crippen LogP contribution < -0.4 is 9.47 Å². The van der Waals surface area contributed by atoms with Crippen molar-refractivity contribution in [1.82, 2.24) is 4.90 Å².